The first-order chi connectivity index (χ1) is 5.41. The third-order valence-electron chi connectivity index (χ3n) is 1.83. The summed E-state index contributed by atoms with van der Waals surface area (Å²) in [6, 6.07) is 0. The molecule has 0 aliphatic carbocycles. The molecule has 0 N–H and O–H groups in total. The Morgan fingerprint density at radius 1 is 0.909 bits per heavy atom. The van der Waals surface area contributed by atoms with Gasteiger partial charge in [-0.05, 0) is 17.1 Å². The first kappa shape index (κ1) is 11.6. The van der Waals surface area contributed by atoms with E-state index in [1.165, 1.54) is 55.9 Å². The molecule has 0 atom stereocenters. The van der Waals surface area contributed by atoms with Crippen LogP contribution in [0.15, 0.2) is 0 Å². The van der Waals surface area contributed by atoms with Crippen LogP contribution in [0.5, 0.6) is 0 Å². The fourth-order valence-electron chi connectivity index (χ4n) is 1.11. The number of rotatable bonds is 8. The van der Waals surface area contributed by atoms with E-state index in [0.29, 0.717) is 0 Å². The van der Waals surface area contributed by atoms with Crippen LogP contribution in [0.3, 0.4) is 0 Å². The second kappa shape index (κ2) is 10.6. The first-order valence-corrected chi connectivity index (χ1v) is 6.46. The van der Waals surface area contributed by atoms with Crippen LogP contribution in [0.2, 0.25) is 0 Å². The summed E-state index contributed by atoms with van der Waals surface area (Å²) in [6.07, 6.45) is 9.65. The van der Waals surface area contributed by atoms with E-state index in [4.69, 9.17) is 10.7 Å². The molecular formula is C9H19ClS. The normalized spacial score (nSPS) is 10.4. The maximum atomic E-state index is 5.48. The van der Waals surface area contributed by atoms with E-state index in [2.05, 4.69) is 6.92 Å². The van der Waals surface area contributed by atoms with Crippen molar-refractivity contribution in [1.82, 2.24) is 0 Å². The van der Waals surface area contributed by atoms with Crippen molar-refractivity contribution in [2.24, 2.45) is 0 Å². The quantitative estimate of drug-likeness (QED) is 0.508. The Bertz CT molecular complexity index is 58.6. The smallest absolute Gasteiger partial charge is 0.00852 e. The van der Waals surface area contributed by atoms with Gasteiger partial charge in [-0.15, -0.1) is 0 Å². The molecule has 68 valence electrons. The van der Waals surface area contributed by atoms with Gasteiger partial charge in [-0.2, -0.15) is 0 Å². The molecule has 0 aliphatic heterocycles. The maximum absolute atomic E-state index is 5.48. The SMILES string of the molecule is CCCCCCCCCSCl. The Kier molecular flexibility index (Phi) is 11.3. The second-order valence-corrected chi connectivity index (χ2v) is 4.22. The largest absolute Gasteiger partial charge is 0.0654 e. The molecule has 0 unspecified atom stereocenters. The van der Waals surface area contributed by atoms with Gasteiger partial charge in [0.25, 0.3) is 0 Å². The first-order valence-electron chi connectivity index (χ1n) is 4.65. The van der Waals surface area contributed by atoms with Crippen LogP contribution in [0.25, 0.3) is 0 Å². The minimum absolute atomic E-state index is 1.12. The summed E-state index contributed by atoms with van der Waals surface area (Å²) in [4.78, 5) is 0. The van der Waals surface area contributed by atoms with Crippen molar-refractivity contribution in [3.8, 4) is 0 Å². The lowest BCUT2D eigenvalue weighted by Gasteiger charge is -1.98. The predicted molar refractivity (Wildman–Crippen MR) is 56.3 cm³/mol. The van der Waals surface area contributed by atoms with Crippen LogP contribution >= 0.6 is 21.7 Å². The zero-order valence-electron chi connectivity index (χ0n) is 7.44. The summed E-state index contributed by atoms with van der Waals surface area (Å²) in [5.74, 6) is 1.12. The van der Waals surface area contributed by atoms with E-state index in [0.717, 1.165) is 5.75 Å². The number of hydrogen-bond acceptors (Lipinski definition) is 1. The third-order valence-corrected chi connectivity index (χ3v) is 2.73. The van der Waals surface area contributed by atoms with Crippen LogP contribution in [0.4, 0.5) is 0 Å². The maximum Gasteiger partial charge on any atom is 0.00852 e. The summed E-state index contributed by atoms with van der Waals surface area (Å²) < 4.78 is 0. The van der Waals surface area contributed by atoms with Gasteiger partial charge in [-0.25, -0.2) is 0 Å². The summed E-state index contributed by atoms with van der Waals surface area (Å²) in [7, 11) is 6.92. The van der Waals surface area contributed by atoms with E-state index in [-0.39, 0.29) is 0 Å². The Labute approximate surface area is 79.6 Å². The van der Waals surface area contributed by atoms with Crippen LogP contribution in [-0.4, -0.2) is 5.75 Å². The minimum atomic E-state index is 1.12. The molecular weight excluding hydrogens is 176 g/mol. The van der Waals surface area contributed by atoms with Crippen LogP contribution in [0.1, 0.15) is 51.9 Å². The van der Waals surface area contributed by atoms with Crippen molar-refractivity contribution in [2.75, 3.05) is 5.75 Å². The Morgan fingerprint density at radius 2 is 1.45 bits per heavy atom. The molecule has 0 aromatic heterocycles. The van der Waals surface area contributed by atoms with Crippen LogP contribution in [-0.2, 0) is 0 Å². The average molecular weight is 195 g/mol. The molecule has 0 rings (SSSR count). The molecule has 0 spiro atoms. The van der Waals surface area contributed by atoms with Crippen LogP contribution < -0.4 is 0 Å². The standard InChI is InChI=1S/C9H19ClS/c1-2-3-4-5-6-7-8-9-11-10/h2-9H2,1H3. The third kappa shape index (κ3) is 10.6. The van der Waals surface area contributed by atoms with Crippen molar-refractivity contribution < 1.29 is 0 Å². The van der Waals surface area contributed by atoms with E-state index < -0.39 is 0 Å². The topological polar surface area (TPSA) is 0 Å². The van der Waals surface area contributed by atoms with Crippen molar-refractivity contribution in [2.45, 2.75) is 51.9 Å². The van der Waals surface area contributed by atoms with Crippen molar-refractivity contribution >= 4 is 21.7 Å². The highest BCUT2D eigenvalue weighted by Crippen LogP contribution is 2.12. The van der Waals surface area contributed by atoms with Gasteiger partial charge < -0.3 is 0 Å². The van der Waals surface area contributed by atoms with Crippen molar-refractivity contribution in [3.63, 3.8) is 0 Å². The number of halogens is 1. The molecule has 0 heterocycles. The van der Waals surface area contributed by atoms with Gasteiger partial charge in [0.15, 0.2) is 0 Å². The summed E-state index contributed by atoms with van der Waals surface area (Å²) >= 11 is 0. The van der Waals surface area contributed by atoms with Gasteiger partial charge in [0, 0.05) is 5.75 Å². The summed E-state index contributed by atoms with van der Waals surface area (Å²) in [6.45, 7) is 2.25. The lowest BCUT2D eigenvalue weighted by molar-refractivity contribution is 0.604. The molecule has 0 radical (unpaired) electrons. The molecule has 0 fully saturated rings. The highest BCUT2D eigenvalue weighted by Gasteiger charge is 1.89. The fourth-order valence-corrected chi connectivity index (χ4v) is 1.75. The van der Waals surface area contributed by atoms with Gasteiger partial charge in [0.2, 0.25) is 0 Å². The minimum Gasteiger partial charge on any atom is -0.0654 e. The Balaban J connectivity index is 2.69. The molecule has 0 bridgehead atoms. The molecule has 2 heteroatoms. The van der Waals surface area contributed by atoms with Gasteiger partial charge in [0.05, 0.1) is 0 Å². The van der Waals surface area contributed by atoms with Gasteiger partial charge in [0.1, 0.15) is 0 Å². The molecule has 0 saturated carbocycles. The Hall–Kier alpha value is 0.640. The Morgan fingerprint density at radius 3 is 2.00 bits per heavy atom. The molecule has 0 amide bonds. The highest BCUT2D eigenvalue weighted by atomic mass is 35.7. The summed E-state index contributed by atoms with van der Waals surface area (Å²) in [5, 5.41) is 0. The second-order valence-electron chi connectivity index (χ2n) is 2.93. The lowest BCUT2D eigenvalue weighted by Crippen LogP contribution is -1.80. The fraction of sp³-hybridized carbons (Fsp3) is 1.00. The lowest BCUT2D eigenvalue weighted by atomic mass is 10.1. The molecule has 0 aromatic carbocycles. The van der Waals surface area contributed by atoms with Crippen molar-refractivity contribution in [3.05, 3.63) is 0 Å². The summed E-state index contributed by atoms with van der Waals surface area (Å²) in [5.41, 5.74) is 0. The van der Waals surface area contributed by atoms with Gasteiger partial charge in [-0.1, -0.05) is 56.4 Å². The average Bonchev–Trinajstić information content (AvgIpc) is 2.03. The highest BCUT2D eigenvalue weighted by molar-refractivity contribution is 8.21. The van der Waals surface area contributed by atoms with E-state index >= 15 is 0 Å². The molecule has 0 saturated heterocycles. The van der Waals surface area contributed by atoms with Gasteiger partial charge >= 0.3 is 0 Å². The monoisotopic (exact) mass is 194 g/mol. The zero-order chi connectivity index (χ0) is 8.36. The number of unbranched alkanes of at least 4 members (excludes halogenated alkanes) is 6. The van der Waals surface area contributed by atoms with E-state index in [1.54, 1.807) is 0 Å². The van der Waals surface area contributed by atoms with E-state index in [1.807, 2.05) is 0 Å². The predicted octanol–water partition coefficient (Wildman–Crippen LogP) is 4.62. The van der Waals surface area contributed by atoms with Gasteiger partial charge in [-0.3, -0.25) is 0 Å². The molecule has 0 nitrogen and oxygen atoms in total. The molecule has 11 heavy (non-hydrogen) atoms. The zero-order valence-corrected chi connectivity index (χ0v) is 9.02. The molecule has 0 aromatic rings. The van der Waals surface area contributed by atoms with E-state index in [9.17, 15) is 0 Å². The van der Waals surface area contributed by atoms with Crippen LogP contribution in [0, 0.1) is 0 Å². The van der Waals surface area contributed by atoms with Crippen molar-refractivity contribution in [1.29, 1.82) is 0 Å². The number of hydrogen-bond donors (Lipinski definition) is 0. The molecule has 0 aliphatic rings.